The van der Waals surface area contributed by atoms with Crippen LogP contribution >= 0.6 is 0 Å². The first-order valence-electron chi connectivity index (χ1n) is 11.8. The Labute approximate surface area is 205 Å². The molecule has 35 heavy (non-hydrogen) atoms. The Balaban J connectivity index is 1.53. The summed E-state index contributed by atoms with van der Waals surface area (Å²) in [7, 11) is -2.42. The van der Waals surface area contributed by atoms with E-state index in [-0.39, 0.29) is 28.3 Å². The van der Waals surface area contributed by atoms with Crippen LogP contribution in [0.3, 0.4) is 0 Å². The van der Waals surface area contributed by atoms with E-state index < -0.39 is 15.8 Å². The predicted molar refractivity (Wildman–Crippen MR) is 130 cm³/mol. The van der Waals surface area contributed by atoms with Crippen LogP contribution < -0.4 is 14.4 Å². The molecule has 4 rings (SSSR count). The third-order valence-corrected chi connectivity index (χ3v) is 8.03. The second-order valence-corrected chi connectivity index (χ2v) is 10.8. The van der Waals surface area contributed by atoms with Crippen molar-refractivity contribution in [2.45, 2.75) is 43.6 Å². The first-order chi connectivity index (χ1) is 16.7. The van der Waals surface area contributed by atoms with E-state index in [0.29, 0.717) is 43.2 Å². The van der Waals surface area contributed by atoms with E-state index in [9.17, 15) is 22.4 Å². The molecule has 2 fully saturated rings. The Hall–Kier alpha value is -2.98. The molecule has 1 amide bonds. The Morgan fingerprint density at radius 2 is 1.71 bits per heavy atom. The SMILES string of the molecule is CNS(=O)(=O)c1ccc(OC2CCCC2)c(C(=O)N2CCN(c3ccc(C(C)=O)cc3F)CC2)c1. The van der Waals surface area contributed by atoms with E-state index in [1.54, 1.807) is 23.1 Å². The van der Waals surface area contributed by atoms with Gasteiger partial charge in [0.2, 0.25) is 10.0 Å². The van der Waals surface area contributed by atoms with Crippen LogP contribution in [0.4, 0.5) is 10.1 Å². The minimum absolute atomic E-state index is 0.00565. The molecule has 0 radical (unpaired) electrons. The molecule has 1 N–H and O–H groups in total. The van der Waals surface area contributed by atoms with Crippen molar-refractivity contribution in [2.75, 3.05) is 38.1 Å². The number of sulfonamides is 1. The number of carbonyl (C=O) groups is 2. The zero-order chi connectivity index (χ0) is 25.2. The minimum Gasteiger partial charge on any atom is -0.490 e. The van der Waals surface area contributed by atoms with Crippen molar-refractivity contribution < 1.29 is 27.1 Å². The molecule has 1 aliphatic heterocycles. The molecule has 10 heteroatoms. The maximum atomic E-state index is 14.6. The van der Waals surface area contributed by atoms with E-state index in [0.717, 1.165) is 25.7 Å². The van der Waals surface area contributed by atoms with Crippen LogP contribution in [0.1, 0.15) is 53.3 Å². The van der Waals surface area contributed by atoms with Crippen LogP contribution in [0.5, 0.6) is 5.75 Å². The fourth-order valence-corrected chi connectivity index (χ4v) is 5.31. The number of ketones is 1. The summed E-state index contributed by atoms with van der Waals surface area (Å²) in [6, 6.07) is 8.78. The zero-order valence-corrected chi connectivity index (χ0v) is 20.7. The van der Waals surface area contributed by atoms with Gasteiger partial charge in [0.1, 0.15) is 11.6 Å². The minimum atomic E-state index is -3.74. The van der Waals surface area contributed by atoms with E-state index in [2.05, 4.69) is 4.72 Å². The van der Waals surface area contributed by atoms with Gasteiger partial charge in [0.15, 0.2) is 5.78 Å². The van der Waals surface area contributed by atoms with Crippen molar-refractivity contribution in [3.63, 3.8) is 0 Å². The van der Waals surface area contributed by atoms with Gasteiger partial charge < -0.3 is 14.5 Å². The van der Waals surface area contributed by atoms with Crippen molar-refractivity contribution in [3.05, 3.63) is 53.3 Å². The summed E-state index contributed by atoms with van der Waals surface area (Å²) >= 11 is 0. The lowest BCUT2D eigenvalue weighted by atomic mass is 10.1. The maximum Gasteiger partial charge on any atom is 0.257 e. The first kappa shape index (κ1) is 25.1. The fourth-order valence-electron chi connectivity index (χ4n) is 4.55. The molecule has 0 spiro atoms. The molecule has 188 valence electrons. The van der Waals surface area contributed by atoms with Gasteiger partial charge in [-0.2, -0.15) is 0 Å². The normalized spacial score (nSPS) is 17.0. The third-order valence-electron chi connectivity index (χ3n) is 6.62. The smallest absolute Gasteiger partial charge is 0.257 e. The summed E-state index contributed by atoms with van der Waals surface area (Å²) in [5.41, 5.74) is 0.902. The first-order valence-corrected chi connectivity index (χ1v) is 13.3. The van der Waals surface area contributed by atoms with Gasteiger partial charge >= 0.3 is 0 Å². The molecule has 1 saturated carbocycles. The number of halogens is 1. The van der Waals surface area contributed by atoms with Crippen LogP contribution in [0.15, 0.2) is 41.3 Å². The highest BCUT2D eigenvalue weighted by Crippen LogP contribution is 2.30. The summed E-state index contributed by atoms with van der Waals surface area (Å²) in [6.07, 6.45) is 3.93. The number of benzene rings is 2. The average molecular weight is 504 g/mol. The quantitative estimate of drug-likeness (QED) is 0.583. The highest BCUT2D eigenvalue weighted by atomic mass is 32.2. The van der Waals surface area contributed by atoms with E-state index in [1.807, 2.05) is 4.90 Å². The molecule has 1 heterocycles. The second kappa shape index (κ2) is 10.3. The summed E-state index contributed by atoms with van der Waals surface area (Å²) in [6.45, 7) is 2.85. The molecule has 0 unspecified atom stereocenters. The van der Waals surface area contributed by atoms with E-state index in [4.69, 9.17) is 4.74 Å². The molecule has 0 aromatic heterocycles. The lowest BCUT2D eigenvalue weighted by Crippen LogP contribution is -2.49. The van der Waals surface area contributed by atoms with Gasteiger partial charge in [0.05, 0.1) is 22.3 Å². The predicted octanol–water partition coefficient (Wildman–Crippen LogP) is 3.22. The van der Waals surface area contributed by atoms with Crippen LogP contribution in [-0.4, -0.2) is 64.3 Å². The van der Waals surface area contributed by atoms with E-state index >= 15 is 0 Å². The van der Waals surface area contributed by atoms with Crippen molar-refractivity contribution in [3.8, 4) is 5.75 Å². The molecule has 1 saturated heterocycles. The lowest BCUT2D eigenvalue weighted by molar-refractivity contribution is 0.0738. The number of nitrogens with one attached hydrogen (secondary N) is 1. The summed E-state index contributed by atoms with van der Waals surface area (Å²) in [4.78, 5) is 28.5. The number of piperazine rings is 1. The number of carbonyl (C=O) groups excluding carboxylic acids is 2. The highest BCUT2D eigenvalue weighted by molar-refractivity contribution is 7.89. The summed E-state index contributed by atoms with van der Waals surface area (Å²) in [5.74, 6) is -0.623. The molecule has 8 nitrogen and oxygen atoms in total. The zero-order valence-electron chi connectivity index (χ0n) is 19.9. The van der Waals surface area contributed by atoms with Crippen LogP contribution in [0.25, 0.3) is 0 Å². The number of nitrogens with zero attached hydrogens (tertiary/aromatic N) is 2. The number of rotatable bonds is 7. The van der Waals surface area contributed by atoms with Gasteiger partial charge in [0.25, 0.3) is 5.91 Å². The number of Topliss-reactive ketones (excluding diaryl/α,β-unsaturated/α-hetero) is 1. The topological polar surface area (TPSA) is 96.0 Å². The fraction of sp³-hybridized carbons (Fsp3) is 0.440. The van der Waals surface area contributed by atoms with Crippen molar-refractivity contribution in [1.29, 1.82) is 0 Å². The van der Waals surface area contributed by atoms with Crippen LogP contribution in [0.2, 0.25) is 0 Å². The van der Waals surface area contributed by atoms with Gasteiger partial charge in [-0.15, -0.1) is 0 Å². The summed E-state index contributed by atoms with van der Waals surface area (Å²) in [5, 5.41) is 0. The van der Waals surface area contributed by atoms with Crippen molar-refractivity contribution in [1.82, 2.24) is 9.62 Å². The molecule has 1 aliphatic carbocycles. The number of hydrogen-bond acceptors (Lipinski definition) is 6. The molecule has 2 aliphatic rings. The molecular formula is C25H30FN3O5S. The van der Waals surface area contributed by atoms with Gasteiger partial charge in [-0.25, -0.2) is 17.5 Å². The van der Waals surface area contributed by atoms with Gasteiger partial charge in [-0.05, 0) is 76.1 Å². The Kier molecular flexibility index (Phi) is 7.42. The summed E-state index contributed by atoms with van der Waals surface area (Å²) < 4.78 is 47.7. The Bertz CT molecular complexity index is 1220. The standard InChI is InChI=1S/C25H30FN3O5S/c1-17(30)18-7-9-23(22(26)15-18)28-11-13-29(14-12-28)25(31)21-16-20(35(32,33)27-2)8-10-24(21)34-19-5-3-4-6-19/h7-10,15-16,19,27H,3-6,11-14H2,1-2H3. The number of ether oxygens (including phenoxy) is 1. The number of amides is 1. The molecule has 2 aromatic carbocycles. The van der Waals surface area contributed by atoms with Crippen molar-refractivity contribution >= 4 is 27.4 Å². The van der Waals surface area contributed by atoms with Crippen LogP contribution in [0, 0.1) is 5.82 Å². The Morgan fingerprint density at radius 3 is 2.31 bits per heavy atom. The van der Waals surface area contributed by atoms with Gasteiger partial charge in [-0.1, -0.05) is 0 Å². The van der Waals surface area contributed by atoms with Gasteiger partial charge in [0, 0.05) is 31.7 Å². The lowest BCUT2D eigenvalue weighted by Gasteiger charge is -2.36. The maximum absolute atomic E-state index is 14.6. The molecular weight excluding hydrogens is 473 g/mol. The van der Waals surface area contributed by atoms with Crippen LogP contribution in [-0.2, 0) is 10.0 Å². The second-order valence-electron chi connectivity index (χ2n) is 8.89. The van der Waals surface area contributed by atoms with Crippen molar-refractivity contribution in [2.24, 2.45) is 0 Å². The van der Waals surface area contributed by atoms with Gasteiger partial charge in [-0.3, -0.25) is 9.59 Å². The largest absolute Gasteiger partial charge is 0.490 e. The molecule has 2 aromatic rings. The highest BCUT2D eigenvalue weighted by Gasteiger charge is 2.28. The molecule has 0 bridgehead atoms. The average Bonchev–Trinajstić information content (AvgIpc) is 3.37. The Morgan fingerprint density at radius 1 is 1.03 bits per heavy atom. The van der Waals surface area contributed by atoms with E-state index in [1.165, 1.54) is 32.2 Å². The molecule has 0 atom stereocenters. The number of hydrogen-bond donors (Lipinski definition) is 1. The number of anilines is 1. The monoisotopic (exact) mass is 503 g/mol. The third kappa shape index (κ3) is 5.48.